The molecule has 1 amide bonds. The van der Waals surface area contributed by atoms with Gasteiger partial charge in [-0.1, -0.05) is 18.2 Å². The molecule has 0 radical (unpaired) electrons. The lowest BCUT2D eigenvalue weighted by atomic mass is 10.1. The van der Waals surface area contributed by atoms with E-state index in [9.17, 15) is 9.18 Å². The first-order valence-corrected chi connectivity index (χ1v) is 9.90. The summed E-state index contributed by atoms with van der Waals surface area (Å²) in [7, 11) is 0. The van der Waals surface area contributed by atoms with E-state index in [4.69, 9.17) is 4.74 Å². The highest BCUT2D eigenvalue weighted by Crippen LogP contribution is 2.23. The summed E-state index contributed by atoms with van der Waals surface area (Å²) in [5.41, 5.74) is 1.51. The molecule has 1 saturated heterocycles. The molecule has 8 nitrogen and oxygen atoms in total. The number of pyridine rings is 1. The average molecular weight is 418 g/mol. The number of hydrogen-bond donors (Lipinski definition) is 1. The lowest BCUT2D eigenvalue weighted by molar-refractivity contribution is 0.102. The number of ether oxygens (including phenoxy) is 1. The summed E-state index contributed by atoms with van der Waals surface area (Å²) >= 11 is 0. The second-order valence-corrected chi connectivity index (χ2v) is 7.05. The molecular weight excluding hydrogens is 399 g/mol. The van der Waals surface area contributed by atoms with E-state index in [0.717, 1.165) is 18.9 Å². The third kappa shape index (κ3) is 3.82. The summed E-state index contributed by atoms with van der Waals surface area (Å²) in [6, 6.07) is 15.1. The van der Waals surface area contributed by atoms with Crippen molar-refractivity contribution in [2.24, 2.45) is 0 Å². The van der Waals surface area contributed by atoms with Gasteiger partial charge >= 0.3 is 0 Å². The van der Waals surface area contributed by atoms with Gasteiger partial charge in [0.2, 0.25) is 0 Å². The first-order chi connectivity index (χ1) is 15.2. The Morgan fingerprint density at radius 2 is 1.87 bits per heavy atom. The molecular formula is C22H19FN6O2. The molecule has 4 aromatic rings. The standard InChI is InChI=1S/C22H19FN6O2/c23-16-5-2-1-4-15(16)18-14-24-20-9-8-17(27-29(18)20)22(30)26-19-6-3-7-21(25-19)28-10-12-31-13-11-28/h1-9,14H,10-13H2,(H,25,26,30). The number of carbonyl (C=O) groups excluding carboxylic acids is 1. The number of hydrogen-bond acceptors (Lipinski definition) is 6. The minimum atomic E-state index is -0.415. The second-order valence-electron chi connectivity index (χ2n) is 7.05. The number of aromatic nitrogens is 4. The zero-order valence-electron chi connectivity index (χ0n) is 16.5. The molecule has 3 aromatic heterocycles. The van der Waals surface area contributed by atoms with Crippen molar-refractivity contribution in [1.29, 1.82) is 0 Å². The molecule has 9 heteroatoms. The van der Waals surface area contributed by atoms with E-state index in [1.807, 2.05) is 12.1 Å². The van der Waals surface area contributed by atoms with Crippen molar-refractivity contribution in [2.45, 2.75) is 0 Å². The molecule has 0 spiro atoms. The van der Waals surface area contributed by atoms with Gasteiger partial charge in [0.15, 0.2) is 5.65 Å². The van der Waals surface area contributed by atoms with Gasteiger partial charge in [0.1, 0.15) is 23.1 Å². The molecule has 0 unspecified atom stereocenters. The molecule has 1 aliphatic rings. The van der Waals surface area contributed by atoms with Gasteiger partial charge in [-0.15, -0.1) is 0 Å². The van der Waals surface area contributed by atoms with Crippen LogP contribution in [0.5, 0.6) is 0 Å². The van der Waals surface area contributed by atoms with Crippen molar-refractivity contribution >= 4 is 23.2 Å². The molecule has 0 atom stereocenters. The van der Waals surface area contributed by atoms with Gasteiger partial charge in [0.05, 0.1) is 25.1 Å². The van der Waals surface area contributed by atoms with Crippen LogP contribution in [0, 0.1) is 5.82 Å². The minimum Gasteiger partial charge on any atom is -0.378 e. The van der Waals surface area contributed by atoms with Crippen molar-refractivity contribution in [3.63, 3.8) is 0 Å². The smallest absolute Gasteiger partial charge is 0.277 e. The summed E-state index contributed by atoms with van der Waals surface area (Å²) in [6.45, 7) is 2.80. The van der Waals surface area contributed by atoms with E-state index < -0.39 is 5.91 Å². The van der Waals surface area contributed by atoms with E-state index >= 15 is 0 Å². The van der Waals surface area contributed by atoms with Crippen LogP contribution in [0.4, 0.5) is 16.0 Å². The van der Waals surface area contributed by atoms with E-state index in [0.29, 0.717) is 35.9 Å². The summed E-state index contributed by atoms with van der Waals surface area (Å²) in [6.07, 6.45) is 1.54. The third-order valence-electron chi connectivity index (χ3n) is 5.06. The van der Waals surface area contributed by atoms with Gasteiger partial charge in [-0.25, -0.2) is 18.9 Å². The molecule has 1 aromatic carbocycles. The number of nitrogens with one attached hydrogen (secondary N) is 1. The Balaban J connectivity index is 1.41. The van der Waals surface area contributed by atoms with Gasteiger partial charge in [-0.3, -0.25) is 4.79 Å². The Hall–Kier alpha value is -3.85. The number of rotatable bonds is 4. The number of benzene rings is 1. The van der Waals surface area contributed by atoms with Crippen LogP contribution in [0.15, 0.2) is 60.8 Å². The average Bonchev–Trinajstić information content (AvgIpc) is 3.23. The molecule has 1 aliphatic heterocycles. The van der Waals surface area contributed by atoms with E-state index in [1.165, 1.54) is 16.8 Å². The molecule has 31 heavy (non-hydrogen) atoms. The number of morpholine rings is 1. The summed E-state index contributed by atoms with van der Waals surface area (Å²) in [5, 5.41) is 7.17. The molecule has 1 fully saturated rings. The summed E-state index contributed by atoms with van der Waals surface area (Å²) < 4.78 is 21.1. The quantitative estimate of drug-likeness (QED) is 0.549. The van der Waals surface area contributed by atoms with E-state index in [-0.39, 0.29) is 11.5 Å². The molecule has 5 rings (SSSR count). The lowest BCUT2D eigenvalue weighted by Crippen LogP contribution is -2.36. The highest BCUT2D eigenvalue weighted by Gasteiger charge is 2.16. The van der Waals surface area contributed by atoms with Gasteiger partial charge in [0.25, 0.3) is 5.91 Å². The van der Waals surface area contributed by atoms with Crippen molar-refractivity contribution in [3.8, 4) is 11.3 Å². The minimum absolute atomic E-state index is 0.168. The number of imidazole rings is 1. The van der Waals surface area contributed by atoms with Crippen molar-refractivity contribution in [2.75, 3.05) is 36.5 Å². The Morgan fingerprint density at radius 1 is 1.03 bits per heavy atom. The fraction of sp³-hybridized carbons (Fsp3) is 0.182. The fourth-order valence-corrected chi connectivity index (χ4v) is 3.49. The van der Waals surface area contributed by atoms with Crippen molar-refractivity contribution < 1.29 is 13.9 Å². The largest absolute Gasteiger partial charge is 0.378 e. The van der Waals surface area contributed by atoms with Crippen LogP contribution in [0.25, 0.3) is 16.9 Å². The van der Waals surface area contributed by atoms with Crippen molar-refractivity contribution in [3.05, 3.63) is 72.3 Å². The number of fused-ring (bicyclic) bond motifs is 1. The van der Waals surface area contributed by atoms with Gasteiger partial charge in [-0.2, -0.15) is 5.10 Å². The Bertz CT molecular complexity index is 1250. The SMILES string of the molecule is O=C(Nc1cccc(N2CCOCC2)n1)c1ccc2ncc(-c3ccccc3F)n2n1. The van der Waals surface area contributed by atoms with Crippen LogP contribution in [0.3, 0.4) is 0 Å². The second kappa shape index (κ2) is 8.11. The zero-order chi connectivity index (χ0) is 21.2. The van der Waals surface area contributed by atoms with Gasteiger partial charge < -0.3 is 15.0 Å². The van der Waals surface area contributed by atoms with Crippen molar-refractivity contribution in [1.82, 2.24) is 19.6 Å². The monoisotopic (exact) mass is 418 g/mol. The Kier molecular flexibility index (Phi) is 5.01. The number of halogens is 1. The first kappa shape index (κ1) is 19.1. The summed E-state index contributed by atoms with van der Waals surface area (Å²) in [4.78, 5) is 23.7. The number of carbonyl (C=O) groups is 1. The number of amides is 1. The van der Waals surface area contributed by atoms with Gasteiger partial charge in [-0.05, 0) is 36.4 Å². The number of anilines is 2. The van der Waals surface area contributed by atoms with Crippen LogP contribution < -0.4 is 10.2 Å². The third-order valence-corrected chi connectivity index (χ3v) is 5.06. The molecule has 4 heterocycles. The van der Waals surface area contributed by atoms with Crippen LogP contribution in [0.1, 0.15) is 10.5 Å². The molecule has 156 valence electrons. The van der Waals surface area contributed by atoms with Gasteiger partial charge in [0, 0.05) is 18.7 Å². The first-order valence-electron chi connectivity index (χ1n) is 9.90. The summed E-state index contributed by atoms with van der Waals surface area (Å²) in [5.74, 6) is 0.406. The molecule has 1 N–H and O–H groups in total. The number of nitrogens with zero attached hydrogens (tertiary/aromatic N) is 5. The molecule has 0 saturated carbocycles. The van der Waals surface area contributed by atoms with Crippen LogP contribution in [-0.4, -0.2) is 51.8 Å². The Labute approximate surface area is 177 Å². The van der Waals surface area contributed by atoms with E-state index in [1.54, 1.807) is 36.4 Å². The van der Waals surface area contributed by atoms with E-state index in [2.05, 4.69) is 25.3 Å². The maximum Gasteiger partial charge on any atom is 0.277 e. The molecule has 0 bridgehead atoms. The highest BCUT2D eigenvalue weighted by molar-refractivity contribution is 6.02. The maximum atomic E-state index is 14.3. The maximum absolute atomic E-state index is 14.3. The molecule has 0 aliphatic carbocycles. The predicted molar refractivity (Wildman–Crippen MR) is 114 cm³/mol. The Morgan fingerprint density at radius 3 is 2.71 bits per heavy atom. The lowest BCUT2D eigenvalue weighted by Gasteiger charge is -2.27. The fourth-order valence-electron chi connectivity index (χ4n) is 3.49. The normalized spacial score (nSPS) is 14.0. The van der Waals surface area contributed by atoms with Crippen LogP contribution in [-0.2, 0) is 4.74 Å². The highest BCUT2D eigenvalue weighted by atomic mass is 19.1. The predicted octanol–water partition coefficient (Wildman–Crippen LogP) is 3.02. The topological polar surface area (TPSA) is 84.7 Å². The van der Waals surface area contributed by atoms with Crippen LogP contribution in [0.2, 0.25) is 0 Å². The zero-order valence-corrected chi connectivity index (χ0v) is 16.5. The van der Waals surface area contributed by atoms with Crippen LogP contribution >= 0.6 is 0 Å².